The molecule has 0 unspecified atom stereocenters. The highest BCUT2D eigenvalue weighted by molar-refractivity contribution is 8.00. The molecule has 17 heavy (non-hydrogen) atoms. The van der Waals surface area contributed by atoms with Crippen LogP contribution in [0.15, 0.2) is 23.1 Å². The standard InChI is InChI=1S/C11H13FO3S2/c1-8(13)10-7-9(12)3-4-11(10)16-5-6-17(2,14)15/h3-4,7H,5-6H2,1-2H3. The molecule has 0 N–H and O–H groups in total. The smallest absolute Gasteiger partial charge is 0.161 e. The van der Waals surface area contributed by atoms with Gasteiger partial charge >= 0.3 is 0 Å². The molecule has 0 spiro atoms. The molecule has 1 aromatic rings. The van der Waals surface area contributed by atoms with E-state index >= 15 is 0 Å². The molecule has 0 saturated carbocycles. The monoisotopic (exact) mass is 276 g/mol. The molecule has 0 saturated heterocycles. The van der Waals surface area contributed by atoms with Gasteiger partial charge in [-0.3, -0.25) is 4.79 Å². The average Bonchev–Trinajstić information content (AvgIpc) is 2.18. The largest absolute Gasteiger partial charge is 0.294 e. The zero-order valence-corrected chi connectivity index (χ0v) is 11.2. The van der Waals surface area contributed by atoms with Gasteiger partial charge in [-0.15, -0.1) is 11.8 Å². The third-order valence-electron chi connectivity index (χ3n) is 2.03. The second kappa shape index (κ2) is 5.64. The maximum atomic E-state index is 13.0. The van der Waals surface area contributed by atoms with Crippen LogP contribution in [0.3, 0.4) is 0 Å². The lowest BCUT2D eigenvalue weighted by Gasteiger charge is -2.06. The summed E-state index contributed by atoms with van der Waals surface area (Å²) < 4.78 is 34.9. The van der Waals surface area contributed by atoms with Crippen molar-refractivity contribution in [3.05, 3.63) is 29.6 Å². The molecule has 1 rings (SSSR count). The van der Waals surface area contributed by atoms with E-state index in [1.54, 1.807) is 0 Å². The summed E-state index contributed by atoms with van der Waals surface area (Å²) in [6, 6.07) is 3.93. The summed E-state index contributed by atoms with van der Waals surface area (Å²) >= 11 is 1.24. The number of hydrogen-bond donors (Lipinski definition) is 0. The van der Waals surface area contributed by atoms with Crippen molar-refractivity contribution >= 4 is 27.4 Å². The molecule has 94 valence electrons. The van der Waals surface area contributed by atoms with Crippen LogP contribution in [0.2, 0.25) is 0 Å². The van der Waals surface area contributed by atoms with E-state index in [2.05, 4.69) is 0 Å². The molecule has 6 heteroatoms. The van der Waals surface area contributed by atoms with Gasteiger partial charge in [-0.05, 0) is 25.1 Å². The van der Waals surface area contributed by atoms with Gasteiger partial charge in [-0.1, -0.05) is 0 Å². The second-order valence-electron chi connectivity index (χ2n) is 3.68. The fraction of sp³-hybridized carbons (Fsp3) is 0.364. The summed E-state index contributed by atoms with van der Waals surface area (Å²) in [4.78, 5) is 11.9. The maximum absolute atomic E-state index is 13.0. The molecule has 0 aromatic heterocycles. The normalized spacial score (nSPS) is 11.5. The molecule has 0 bridgehead atoms. The topological polar surface area (TPSA) is 51.2 Å². The number of rotatable bonds is 5. The first-order valence-corrected chi connectivity index (χ1v) is 7.95. The molecule has 0 fully saturated rings. The molecule has 0 aliphatic rings. The van der Waals surface area contributed by atoms with Crippen molar-refractivity contribution in [3.63, 3.8) is 0 Å². The van der Waals surface area contributed by atoms with Crippen LogP contribution in [0.5, 0.6) is 0 Å². The Hall–Kier alpha value is -0.880. The number of hydrogen-bond acceptors (Lipinski definition) is 4. The predicted molar refractivity (Wildman–Crippen MR) is 66.8 cm³/mol. The zero-order chi connectivity index (χ0) is 13.1. The maximum Gasteiger partial charge on any atom is 0.161 e. The molecule has 0 heterocycles. The van der Waals surface area contributed by atoms with Crippen LogP contribution in [0.25, 0.3) is 0 Å². The Morgan fingerprint density at radius 3 is 2.59 bits per heavy atom. The number of halogens is 1. The Bertz CT molecular complexity index is 524. The van der Waals surface area contributed by atoms with Crippen molar-refractivity contribution < 1.29 is 17.6 Å². The number of carbonyl (C=O) groups is 1. The third kappa shape index (κ3) is 4.87. The Morgan fingerprint density at radius 1 is 1.41 bits per heavy atom. The number of sulfone groups is 1. The zero-order valence-electron chi connectivity index (χ0n) is 9.57. The molecular weight excluding hydrogens is 263 g/mol. The summed E-state index contributed by atoms with van der Waals surface area (Å²) in [5.74, 6) is -0.314. The van der Waals surface area contributed by atoms with Gasteiger partial charge in [-0.2, -0.15) is 0 Å². The van der Waals surface area contributed by atoms with Crippen LogP contribution >= 0.6 is 11.8 Å². The van der Waals surface area contributed by atoms with Crippen LogP contribution in [0, 0.1) is 5.82 Å². The van der Waals surface area contributed by atoms with E-state index < -0.39 is 15.7 Å². The van der Waals surface area contributed by atoms with Gasteiger partial charge < -0.3 is 0 Å². The molecule has 1 aromatic carbocycles. The molecule has 0 aliphatic carbocycles. The van der Waals surface area contributed by atoms with E-state index in [0.717, 1.165) is 6.26 Å². The first kappa shape index (κ1) is 14.2. The quantitative estimate of drug-likeness (QED) is 0.611. The van der Waals surface area contributed by atoms with Crippen LogP contribution < -0.4 is 0 Å². The van der Waals surface area contributed by atoms with Crippen LogP contribution in [0.1, 0.15) is 17.3 Å². The third-order valence-corrected chi connectivity index (χ3v) is 4.31. The predicted octanol–water partition coefficient (Wildman–Crippen LogP) is 2.17. The lowest BCUT2D eigenvalue weighted by molar-refractivity contribution is 0.101. The van der Waals surface area contributed by atoms with Gasteiger partial charge in [0.05, 0.1) is 5.75 Å². The number of ketones is 1. The van der Waals surface area contributed by atoms with Gasteiger partial charge in [0.25, 0.3) is 0 Å². The van der Waals surface area contributed by atoms with Crippen molar-refractivity contribution in [2.75, 3.05) is 17.8 Å². The number of carbonyl (C=O) groups excluding carboxylic acids is 1. The summed E-state index contributed by atoms with van der Waals surface area (Å²) in [6.07, 6.45) is 1.16. The lowest BCUT2D eigenvalue weighted by Crippen LogP contribution is -2.05. The van der Waals surface area contributed by atoms with Gasteiger partial charge in [0, 0.05) is 22.5 Å². The first-order valence-electron chi connectivity index (χ1n) is 4.90. The highest BCUT2D eigenvalue weighted by Gasteiger charge is 2.10. The van der Waals surface area contributed by atoms with E-state index in [1.165, 1.54) is 36.9 Å². The second-order valence-corrected chi connectivity index (χ2v) is 7.07. The summed E-state index contributed by atoms with van der Waals surface area (Å²) in [6.45, 7) is 1.36. The number of benzene rings is 1. The highest BCUT2D eigenvalue weighted by Crippen LogP contribution is 2.24. The molecule has 0 aliphatic heterocycles. The van der Waals surface area contributed by atoms with Crippen molar-refractivity contribution in [1.29, 1.82) is 0 Å². The SMILES string of the molecule is CC(=O)c1cc(F)ccc1SCCS(C)(=O)=O. The van der Waals surface area contributed by atoms with Gasteiger partial charge in [0.2, 0.25) is 0 Å². The van der Waals surface area contributed by atoms with Crippen molar-refractivity contribution in [1.82, 2.24) is 0 Å². The van der Waals surface area contributed by atoms with Gasteiger partial charge in [0.15, 0.2) is 5.78 Å². The molecule has 3 nitrogen and oxygen atoms in total. The summed E-state index contributed by atoms with van der Waals surface area (Å²) in [5, 5.41) is 0. The fourth-order valence-electron chi connectivity index (χ4n) is 1.21. The summed E-state index contributed by atoms with van der Waals surface area (Å²) in [5.41, 5.74) is 0.295. The van der Waals surface area contributed by atoms with Gasteiger partial charge in [0.1, 0.15) is 15.7 Å². The van der Waals surface area contributed by atoms with E-state index in [9.17, 15) is 17.6 Å². The van der Waals surface area contributed by atoms with E-state index in [-0.39, 0.29) is 11.5 Å². The number of Topliss-reactive ketones (excluding diaryl/α,β-unsaturated/α-hetero) is 1. The fourth-order valence-corrected chi connectivity index (χ4v) is 3.49. The van der Waals surface area contributed by atoms with Crippen LogP contribution in [-0.2, 0) is 9.84 Å². The average molecular weight is 276 g/mol. The highest BCUT2D eigenvalue weighted by atomic mass is 32.2. The minimum Gasteiger partial charge on any atom is -0.294 e. The molecular formula is C11H13FO3S2. The molecule has 0 radical (unpaired) electrons. The van der Waals surface area contributed by atoms with Crippen molar-refractivity contribution in [2.24, 2.45) is 0 Å². The van der Waals surface area contributed by atoms with Crippen LogP contribution in [0.4, 0.5) is 4.39 Å². The molecule has 0 amide bonds. The minimum absolute atomic E-state index is 0.0341. The van der Waals surface area contributed by atoms with E-state index in [4.69, 9.17) is 0 Å². The minimum atomic E-state index is -3.02. The Labute approximate surface area is 104 Å². The Balaban J connectivity index is 2.81. The van der Waals surface area contributed by atoms with Gasteiger partial charge in [-0.25, -0.2) is 12.8 Å². The van der Waals surface area contributed by atoms with E-state index in [1.807, 2.05) is 0 Å². The van der Waals surface area contributed by atoms with Crippen molar-refractivity contribution in [3.8, 4) is 0 Å². The Morgan fingerprint density at radius 2 is 2.06 bits per heavy atom. The van der Waals surface area contributed by atoms with E-state index in [0.29, 0.717) is 16.2 Å². The first-order chi connectivity index (χ1) is 7.79. The lowest BCUT2D eigenvalue weighted by atomic mass is 10.1. The number of thioether (sulfide) groups is 1. The van der Waals surface area contributed by atoms with Crippen molar-refractivity contribution in [2.45, 2.75) is 11.8 Å². The Kier molecular flexibility index (Phi) is 4.70. The molecule has 0 atom stereocenters. The van der Waals surface area contributed by atoms with Crippen LogP contribution in [-0.4, -0.2) is 32.0 Å². The summed E-state index contributed by atoms with van der Waals surface area (Å²) in [7, 11) is -3.02.